The fourth-order valence-corrected chi connectivity index (χ4v) is 2.68. The van der Waals surface area contributed by atoms with Crippen molar-refractivity contribution in [3.8, 4) is 0 Å². The van der Waals surface area contributed by atoms with Crippen LogP contribution in [0.2, 0.25) is 10.0 Å². The first-order valence-corrected chi connectivity index (χ1v) is 10.1. The van der Waals surface area contributed by atoms with E-state index in [1.165, 1.54) is 0 Å². The van der Waals surface area contributed by atoms with Gasteiger partial charge >= 0.3 is 0 Å². The highest BCUT2D eigenvalue weighted by Crippen LogP contribution is 2.17. The molecule has 1 unspecified atom stereocenters. The van der Waals surface area contributed by atoms with Gasteiger partial charge in [0.15, 0.2) is 10.9 Å². The lowest BCUT2D eigenvalue weighted by Crippen LogP contribution is -2.30. The quantitative estimate of drug-likeness (QED) is 0.385. The van der Waals surface area contributed by atoms with E-state index in [-0.39, 0.29) is 16.9 Å². The Kier molecular flexibility index (Phi) is 11.0. The average molecular weight is 438 g/mol. The molecule has 2 aromatic rings. The summed E-state index contributed by atoms with van der Waals surface area (Å²) in [4.78, 5) is 22.2. The molecule has 0 aromatic heterocycles. The second-order valence-electron chi connectivity index (χ2n) is 6.24. The molecule has 6 heteroatoms. The maximum Gasteiger partial charge on any atom is 0.185 e. The minimum Gasteiger partial charge on any atom is -0.381 e. The molecule has 0 saturated heterocycles. The van der Waals surface area contributed by atoms with E-state index in [4.69, 9.17) is 23.2 Å². The zero-order valence-electron chi connectivity index (χ0n) is 16.2. The molecule has 0 amide bonds. The van der Waals surface area contributed by atoms with Crippen molar-refractivity contribution < 1.29 is 9.59 Å². The van der Waals surface area contributed by atoms with Crippen LogP contribution in [0.3, 0.4) is 0 Å². The summed E-state index contributed by atoms with van der Waals surface area (Å²) < 4.78 is 0. The van der Waals surface area contributed by atoms with E-state index in [2.05, 4.69) is 17.9 Å². The molecule has 0 spiro atoms. The average Bonchev–Trinajstić information content (AvgIpc) is 2.67. The van der Waals surface area contributed by atoms with E-state index in [0.717, 1.165) is 17.6 Å². The Morgan fingerprint density at radius 1 is 1.00 bits per heavy atom. The minimum atomic E-state index is -0.316. The van der Waals surface area contributed by atoms with Gasteiger partial charge in [0, 0.05) is 28.2 Å². The van der Waals surface area contributed by atoms with Crippen LogP contribution in [-0.4, -0.2) is 16.9 Å². The lowest BCUT2D eigenvalue weighted by atomic mass is 10.1. The number of thiol groups is 1. The van der Waals surface area contributed by atoms with Gasteiger partial charge in [-0.1, -0.05) is 42.3 Å². The number of rotatable bonds is 7. The van der Waals surface area contributed by atoms with Crippen molar-refractivity contribution in [1.82, 2.24) is 5.32 Å². The van der Waals surface area contributed by atoms with Gasteiger partial charge in [0.25, 0.3) is 0 Å². The number of halogens is 2. The summed E-state index contributed by atoms with van der Waals surface area (Å²) in [5.41, 5.74) is 2.73. The Hall–Kier alpha value is -1.75. The Balaban J connectivity index is 0.000000568. The van der Waals surface area contributed by atoms with Crippen molar-refractivity contribution in [3.05, 3.63) is 75.9 Å². The smallest absolute Gasteiger partial charge is 0.185 e. The number of allylic oxidation sites excluding steroid dienone is 1. The predicted molar refractivity (Wildman–Crippen MR) is 122 cm³/mol. The highest BCUT2D eigenvalue weighted by molar-refractivity contribution is 7.96. The molecule has 0 aliphatic carbocycles. The van der Waals surface area contributed by atoms with Crippen LogP contribution in [0.4, 0.5) is 0 Å². The molecule has 0 radical (unpaired) electrons. The van der Waals surface area contributed by atoms with E-state index >= 15 is 0 Å². The highest BCUT2D eigenvalue weighted by Gasteiger charge is 2.13. The molecule has 0 saturated carbocycles. The monoisotopic (exact) mass is 437 g/mol. The van der Waals surface area contributed by atoms with Crippen LogP contribution in [-0.2, 0) is 4.79 Å². The summed E-state index contributed by atoms with van der Waals surface area (Å²) in [6, 6.07) is 14.2. The van der Waals surface area contributed by atoms with E-state index in [1.54, 1.807) is 24.3 Å². The summed E-state index contributed by atoms with van der Waals surface area (Å²) in [7, 11) is 0. The van der Waals surface area contributed by atoms with Crippen molar-refractivity contribution in [2.24, 2.45) is 0 Å². The first-order chi connectivity index (χ1) is 13.2. The predicted octanol–water partition coefficient (Wildman–Crippen LogP) is 6.46. The van der Waals surface area contributed by atoms with E-state index in [0.29, 0.717) is 22.0 Å². The van der Waals surface area contributed by atoms with Gasteiger partial charge in [-0.3, -0.25) is 9.59 Å². The standard InChI is InChI=1S/C18H17Cl2NO.C4H8OS/c1-12(14-3-7-16(19)8-4-14)11-21-13(2)18(22)15-5-9-17(20)10-6-15;1-2-3-4(5)6/h3-11,13,21H,1-2H3;2-3H2,1H3,(H,5,6)/b12-11+;. The second-order valence-corrected chi connectivity index (χ2v) is 7.61. The van der Waals surface area contributed by atoms with Crippen molar-refractivity contribution in [3.63, 3.8) is 0 Å². The number of hydrogen-bond donors (Lipinski definition) is 2. The maximum atomic E-state index is 12.3. The molecule has 3 nitrogen and oxygen atoms in total. The highest BCUT2D eigenvalue weighted by atomic mass is 35.5. The topological polar surface area (TPSA) is 46.2 Å². The first-order valence-electron chi connectivity index (χ1n) is 8.95. The summed E-state index contributed by atoms with van der Waals surface area (Å²) in [6.07, 6.45) is 3.35. The third-order valence-electron chi connectivity index (χ3n) is 3.84. The number of benzene rings is 2. The van der Waals surface area contributed by atoms with Gasteiger partial charge in [-0.15, -0.1) is 12.6 Å². The first kappa shape index (κ1) is 24.3. The molecule has 1 atom stereocenters. The van der Waals surface area contributed by atoms with Crippen LogP contribution in [0.15, 0.2) is 54.7 Å². The SMILES string of the molecule is C/C(=C\NC(C)C(=O)c1ccc(Cl)cc1)c1ccc(Cl)cc1.CCCC(=O)S. The normalized spacial score (nSPS) is 11.9. The van der Waals surface area contributed by atoms with Gasteiger partial charge in [-0.25, -0.2) is 0 Å². The maximum absolute atomic E-state index is 12.3. The molecular formula is C22H25Cl2NO2S. The van der Waals surface area contributed by atoms with Crippen LogP contribution >= 0.6 is 35.8 Å². The molecule has 0 aliphatic heterocycles. The van der Waals surface area contributed by atoms with Gasteiger partial charge < -0.3 is 5.32 Å². The van der Waals surface area contributed by atoms with Crippen molar-refractivity contribution in [1.29, 1.82) is 0 Å². The number of ketones is 1. The Labute approximate surface area is 182 Å². The Bertz CT molecular complexity index is 802. The molecule has 0 aliphatic rings. The van der Waals surface area contributed by atoms with Crippen LogP contribution in [0, 0.1) is 0 Å². The zero-order chi connectivity index (χ0) is 21.1. The van der Waals surface area contributed by atoms with Gasteiger partial charge in [0.05, 0.1) is 6.04 Å². The van der Waals surface area contributed by atoms with E-state index < -0.39 is 0 Å². The molecular weight excluding hydrogens is 413 g/mol. The van der Waals surface area contributed by atoms with Crippen LogP contribution in [0.5, 0.6) is 0 Å². The molecule has 2 rings (SSSR count). The molecule has 28 heavy (non-hydrogen) atoms. The third-order valence-corrected chi connectivity index (χ3v) is 4.56. The van der Waals surface area contributed by atoms with Crippen molar-refractivity contribution in [2.75, 3.05) is 0 Å². The number of nitrogens with one attached hydrogen (secondary N) is 1. The van der Waals surface area contributed by atoms with E-state index in [9.17, 15) is 9.59 Å². The van der Waals surface area contributed by atoms with Crippen molar-refractivity contribution in [2.45, 2.75) is 39.7 Å². The molecule has 0 heterocycles. The zero-order valence-corrected chi connectivity index (χ0v) is 18.6. The second kappa shape index (κ2) is 12.7. The number of carbonyl (C=O) groups excluding carboxylic acids is 2. The van der Waals surface area contributed by atoms with Gasteiger partial charge in [-0.2, -0.15) is 0 Å². The summed E-state index contributed by atoms with van der Waals surface area (Å²) in [6.45, 7) is 5.77. The molecule has 150 valence electrons. The molecule has 1 N–H and O–H groups in total. The number of Topliss-reactive ketones (excluding diaryl/α,β-unsaturated/α-hetero) is 1. The Morgan fingerprint density at radius 2 is 1.46 bits per heavy atom. The van der Waals surface area contributed by atoms with Crippen molar-refractivity contribution >= 4 is 52.3 Å². The summed E-state index contributed by atoms with van der Waals surface area (Å²) in [5, 5.41) is 4.44. The van der Waals surface area contributed by atoms with Crippen LogP contribution < -0.4 is 5.32 Å². The van der Waals surface area contributed by atoms with Gasteiger partial charge in [-0.05, 0) is 67.8 Å². The number of hydrogen-bond acceptors (Lipinski definition) is 3. The lowest BCUT2D eigenvalue weighted by molar-refractivity contribution is -0.110. The van der Waals surface area contributed by atoms with E-state index in [1.807, 2.05) is 51.2 Å². The number of carbonyl (C=O) groups is 2. The molecule has 2 aromatic carbocycles. The minimum absolute atomic E-state index is 0.0162. The largest absolute Gasteiger partial charge is 0.381 e. The fraction of sp³-hybridized carbons (Fsp3) is 0.273. The lowest BCUT2D eigenvalue weighted by Gasteiger charge is -2.12. The van der Waals surface area contributed by atoms with Gasteiger partial charge in [0.1, 0.15) is 0 Å². The third kappa shape index (κ3) is 8.96. The van der Waals surface area contributed by atoms with Crippen LogP contribution in [0.25, 0.3) is 5.57 Å². The van der Waals surface area contributed by atoms with Crippen LogP contribution in [0.1, 0.15) is 49.5 Å². The summed E-state index contributed by atoms with van der Waals surface area (Å²) >= 11 is 15.2. The Morgan fingerprint density at radius 3 is 1.86 bits per heavy atom. The summed E-state index contributed by atoms with van der Waals surface area (Å²) in [5.74, 6) is 0.0248. The fourth-order valence-electron chi connectivity index (χ4n) is 2.20. The van der Waals surface area contributed by atoms with Gasteiger partial charge in [0.2, 0.25) is 0 Å². The molecule has 0 bridgehead atoms. The molecule has 0 fully saturated rings.